The highest BCUT2D eigenvalue weighted by Gasteiger charge is 2.46. The minimum Gasteiger partial charge on any atom is -0.444 e. The number of fused-ring (bicyclic) bond motifs is 3. The number of cyclic esters (lactones) is 2. The summed E-state index contributed by atoms with van der Waals surface area (Å²) in [5.41, 5.74) is 9.15. The van der Waals surface area contributed by atoms with Crippen LogP contribution in [0.3, 0.4) is 0 Å². The number of halogens is 3. The Balaban J connectivity index is 0.000000243. The molecule has 3 atom stereocenters. The molecule has 0 saturated carbocycles. The average Bonchev–Trinajstić information content (AvgIpc) is 4.02. The Morgan fingerprint density at radius 1 is 0.957 bits per heavy atom. The van der Waals surface area contributed by atoms with Gasteiger partial charge in [0.1, 0.15) is 36.5 Å². The molecule has 3 aromatic heterocycles. The lowest BCUT2D eigenvalue weighted by Gasteiger charge is -2.45. The normalized spacial score (nSPS) is 19.0. The number of rotatable bonds is 12. The second kappa shape index (κ2) is 25.5. The van der Waals surface area contributed by atoms with Crippen molar-refractivity contribution < 1.29 is 43.9 Å². The second-order valence-electron chi connectivity index (χ2n) is 17.8. The third kappa shape index (κ3) is 14.5. The van der Waals surface area contributed by atoms with Gasteiger partial charge < -0.3 is 54.6 Å². The molecule has 3 fully saturated rings. The lowest BCUT2D eigenvalue weighted by atomic mass is 9.82. The number of hydrogen-bond acceptors (Lipinski definition) is 15. The van der Waals surface area contributed by atoms with Crippen LogP contribution in [0.1, 0.15) is 73.7 Å². The first-order valence-electron chi connectivity index (χ1n) is 22.8. The molecule has 3 saturated heterocycles. The zero-order chi connectivity index (χ0) is 49.1. The summed E-state index contributed by atoms with van der Waals surface area (Å²) in [7, 11) is -0.651. The van der Waals surface area contributed by atoms with E-state index in [-0.39, 0.29) is 50.7 Å². The van der Waals surface area contributed by atoms with E-state index in [0.29, 0.717) is 68.9 Å². The van der Waals surface area contributed by atoms with Crippen molar-refractivity contribution in [3.63, 3.8) is 0 Å². The SMILES string of the molecule is CB(O)N1CCN(C2c3ccc(Cl)cc3CCc3cc(Br)cnc32)[C@@H](C(=O)NCCCn2ccnc2CO)C1.CC(C)(C)OC(=O)N1CCN2C(=O)OC(=O)[C@H]2C1.Cl.NCCCn1ccnc1CO. The Kier molecular flexibility index (Phi) is 20.4. The second-order valence-corrected chi connectivity index (χ2v) is 19.2. The Hall–Kier alpha value is -4.65. The Morgan fingerprint density at radius 3 is 2.26 bits per heavy atom. The summed E-state index contributed by atoms with van der Waals surface area (Å²) in [5.74, 6) is 0.635. The van der Waals surface area contributed by atoms with Crippen LogP contribution in [0.15, 0.2) is 59.7 Å². The van der Waals surface area contributed by atoms with E-state index in [1.54, 1.807) is 40.0 Å². The van der Waals surface area contributed by atoms with Crippen molar-refractivity contribution >= 4 is 71.1 Å². The van der Waals surface area contributed by atoms with Crippen molar-refractivity contribution in [3.8, 4) is 0 Å². The molecule has 8 rings (SSSR count). The van der Waals surface area contributed by atoms with E-state index in [9.17, 15) is 29.3 Å². The Labute approximate surface area is 422 Å². The molecule has 1 aliphatic carbocycles. The van der Waals surface area contributed by atoms with Crippen molar-refractivity contribution in [2.45, 2.75) is 103 Å². The number of nitrogens with one attached hydrogen (secondary N) is 1. The Bertz CT molecular complexity index is 2320. The van der Waals surface area contributed by atoms with E-state index in [1.807, 2.05) is 44.7 Å². The molecule has 3 amide bonds. The van der Waals surface area contributed by atoms with E-state index in [4.69, 9.17) is 32.2 Å². The van der Waals surface area contributed by atoms with E-state index < -0.39 is 42.9 Å². The molecule has 4 aliphatic rings. The van der Waals surface area contributed by atoms with Gasteiger partial charge in [0.05, 0.1) is 18.3 Å². The molecule has 69 heavy (non-hydrogen) atoms. The molecule has 1 unspecified atom stereocenters. The van der Waals surface area contributed by atoms with Gasteiger partial charge in [-0.1, -0.05) is 17.7 Å². The molecule has 6 heterocycles. The highest BCUT2D eigenvalue weighted by molar-refractivity contribution is 9.10. The largest absolute Gasteiger partial charge is 0.444 e. The van der Waals surface area contributed by atoms with Crippen LogP contribution in [0.2, 0.25) is 11.8 Å². The van der Waals surface area contributed by atoms with Gasteiger partial charge in [-0.15, -0.1) is 12.4 Å². The van der Waals surface area contributed by atoms with Crippen LogP contribution in [-0.2, 0) is 58.2 Å². The minimum atomic E-state index is -0.696. The van der Waals surface area contributed by atoms with Crippen LogP contribution in [-0.4, -0.2) is 160 Å². The maximum atomic E-state index is 13.8. The van der Waals surface area contributed by atoms with Crippen molar-refractivity contribution in [2.24, 2.45) is 5.73 Å². The molecule has 0 radical (unpaired) electrons. The van der Waals surface area contributed by atoms with Gasteiger partial charge in [-0.3, -0.25) is 19.6 Å². The van der Waals surface area contributed by atoms with Gasteiger partial charge in [0, 0.05) is 92.8 Å². The number of ether oxygens (including phenoxy) is 2. The highest BCUT2D eigenvalue weighted by atomic mass is 79.9. The summed E-state index contributed by atoms with van der Waals surface area (Å²) in [6, 6.07) is 6.74. The van der Waals surface area contributed by atoms with Crippen LogP contribution in [0.4, 0.5) is 9.59 Å². The molecule has 24 heteroatoms. The zero-order valence-electron chi connectivity index (χ0n) is 39.4. The number of esters is 1. The van der Waals surface area contributed by atoms with Gasteiger partial charge in [-0.25, -0.2) is 24.4 Å². The van der Waals surface area contributed by atoms with Crippen molar-refractivity contribution in [1.82, 2.24) is 48.9 Å². The molecule has 20 nitrogen and oxygen atoms in total. The number of aliphatic hydroxyl groups is 2. The smallest absolute Gasteiger partial charge is 0.418 e. The van der Waals surface area contributed by atoms with E-state index in [0.717, 1.165) is 47.1 Å². The number of pyridine rings is 1. The van der Waals surface area contributed by atoms with Gasteiger partial charge in [0.2, 0.25) is 5.91 Å². The van der Waals surface area contributed by atoms with Crippen molar-refractivity contribution in [2.75, 3.05) is 52.4 Å². The number of piperazine rings is 2. The van der Waals surface area contributed by atoms with Crippen LogP contribution in [0, 0.1) is 0 Å². The monoisotopic (exact) mass is 1060 g/mol. The molecule has 1 aromatic carbocycles. The predicted octanol–water partition coefficient (Wildman–Crippen LogP) is 3.41. The fourth-order valence-corrected chi connectivity index (χ4v) is 9.16. The summed E-state index contributed by atoms with van der Waals surface area (Å²) < 4.78 is 14.5. The number of benzene rings is 1. The maximum Gasteiger partial charge on any atom is 0.418 e. The summed E-state index contributed by atoms with van der Waals surface area (Å²) in [6.45, 7) is 12.0. The third-order valence-electron chi connectivity index (χ3n) is 12.0. The highest BCUT2D eigenvalue weighted by Crippen LogP contribution is 2.39. The van der Waals surface area contributed by atoms with E-state index in [2.05, 4.69) is 53.0 Å². The number of aliphatic hydroxyl groups excluding tert-OH is 2. The number of amides is 3. The molecular formula is C45H63BBrCl2N11O9. The molecule has 0 spiro atoms. The fraction of sp³-hybridized carbons (Fsp3) is 0.533. The molecule has 3 aliphatic heterocycles. The Morgan fingerprint density at radius 2 is 1.62 bits per heavy atom. The quantitative estimate of drug-likeness (QED) is 0.0591. The number of carbonyl (C=O) groups is 4. The molecular weight excluding hydrogens is 1000 g/mol. The number of carbonyl (C=O) groups excluding carboxylic acids is 4. The topological polar surface area (TPSA) is 247 Å². The summed E-state index contributed by atoms with van der Waals surface area (Å²) in [6.07, 6.45) is 11.0. The molecule has 376 valence electrons. The van der Waals surface area contributed by atoms with Crippen molar-refractivity contribution in [1.29, 1.82) is 0 Å². The number of nitrogens with zero attached hydrogens (tertiary/aromatic N) is 9. The third-order valence-corrected chi connectivity index (χ3v) is 12.7. The van der Waals surface area contributed by atoms with E-state index >= 15 is 0 Å². The lowest BCUT2D eigenvalue weighted by molar-refractivity contribution is -0.136. The van der Waals surface area contributed by atoms with Gasteiger partial charge in [0.25, 0.3) is 0 Å². The minimum absolute atomic E-state index is 0. The number of imidazole rings is 2. The van der Waals surface area contributed by atoms with Crippen LogP contribution >= 0.6 is 39.9 Å². The van der Waals surface area contributed by atoms with E-state index in [1.165, 1.54) is 15.4 Å². The zero-order valence-corrected chi connectivity index (χ0v) is 42.5. The fourth-order valence-electron chi connectivity index (χ4n) is 8.59. The summed E-state index contributed by atoms with van der Waals surface area (Å²) in [5, 5.41) is 32.4. The van der Waals surface area contributed by atoms with Gasteiger partial charge >= 0.3 is 25.2 Å². The summed E-state index contributed by atoms with van der Waals surface area (Å²) >= 11 is 9.99. The van der Waals surface area contributed by atoms with Crippen LogP contribution in [0.25, 0.3) is 0 Å². The standard InChI is InChI=1S/C27H33BBrClN6O3.C11H16N2O5.C7H13N3O.ClH/c1-28(39)35-11-12-36(23(16-35)27(38)32-7-2-9-34-10-8-31-24(34)17-37)26-22-6-5-21(30)14-18(22)3-4-19-13-20(29)15-33-25(19)26;1-11(2,3)18-9(15)12-4-5-13-7(6-12)8(14)17-10(13)16;8-2-1-4-10-5-3-9-7(10)6-11;/h5-6,8,10,13-15,23,26,37,39H,2-4,7,9,11-12,16-17H2,1H3,(H,32,38);7H,4-6H2,1-3H3;3,5,11H,1-2,4,6,8H2;1H/t23-,26?;7-;;/m11../s1. The number of aryl methyl sites for hydroxylation is 4. The summed E-state index contributed by atoms with van der Waals surface area (Å²) in [4.78, 5) is 68.2. The van der Waals surface area contributed by atoms with Gasteiger partial charge in [0.15, 0.2) is 6.04 Å². The van der Waals surface area contributed by atoms with Gasteiger partial charge in [-0.2, -0.15) is 0 Å². The molecule has 0 bridgehead atoms. The first kappa shape index (κ1) is 55.3. The van der Waals surface area contributed by atoms with Gasteiger partial charge in [-0.05, 0) is 111 Å². The van der Waals surface area contributed by atoms with Crippen LogP contribution < -0.4 is 11.1 Å². The molecule has 6 N–H and O–H groups in total. The number of aromatic nitrogens is 5. The van der Waals surface area contributed by atoms with Crippen LogP contribution in [0.5, 0.6) is 0 Å². The number of nitrogens with two attached hydrogens (primary N) is 1. The predicted molar refractivity (Wildman–Crippen MR) is 263 cm³/mol. The first-order chi connectivity index (χ1) is 32.5. The molecule has 4 aromatic rings. The van der Waals surface area contributed by atoms with Crippen molar-refractivity contribution in [3.05, 3.63) is 98.8 Å². The lowest BCUT2D eigenvalue weighted by Crippen LogP contribution is -2.62. The average molecular weight is 1060 g/mol. The number of hydrogen-bond donors (Lipinski definition) is 5. The first-order valence-corrected chi connectivity index (χ1v) is 24.0. The maximum absolute atomic E-state index is 13.8.